The topological polar surface area (TPSA) is 46.6 Å². The fourth-order valence-corrected chi connectivity index (χ4v) is 3.32. The predicted octanol–water partition coefficient (Wildman–Crippen LogP) is 4.74. The van der Waals surface area contributed by atoms with Gasteiger partial charge in [-0.25, -0.2) is 9.69 Å². The van der Waals surface area contributed by atoms with Gasteiger partial charge in [-0.1, -0.05) is 69.0 Å². The van der Waals surface area contributed by atoms with Crippen LogP contribution in [-0.4, -0.2) is 29.5 Å². The summed E-state index contributed by atoms with van der Waals surface area (Å²) in [7, 11) is 0. The largest absolute Gasteiger partial charge is 0.447 e. The fraction of sp³-hybridized carbons (Fsp3) is 0.524. The first-order chi connectivity index (χ1) is 12.2. The summed E-state index contributed by atoms with van der Waals surface area (Å²) in [6.07, 6.45) is 7.77. The van der Waals surface area contributed by atoms with E-state index in [9.17, 15) is 9.59 Å². The number of nitrogens with zero attached hydrogens (tertiary/aromatic N) is 1. The Kier molecular flexibility index (Phi) is 7.71. The van der Waals surface area contributed by atoms with Crippen LogP contribution in [0.2, 0.25) is 0 Å². The normalized spacial score (nSPS) is 18.0. The van der Waals surface area contributed by atoms with E-state index in [4.69, 9.17) is 4.74 Å². The first kappa shape index (κ1) is 19.2. The third-order valence-electron chi connectivity index (χ3n) is 4.72. The monoisotopic (exact) mass is 343 g/mol. The number of cyclic esters (lactones) is 1. The number of rotatable bonds is 10. The van der Waals surface area contributed by atoms with E-state index in [1.807, 2.05) is 30.3 Å². The fourth-order valence-electron chi connectivity index (χ4n) is 3.32. The summed E-state index contributed by atoms with van der Waals surface area (Å²) in [5.74, 6) is -0.293. The van der Waals surface area contributed by atoms with E-state index in [2.05, 4.69) is 13.5 Å². The van der Waals surface area contributed by atoms with Crippen molar-refractivity contribution in [1.82, 2.24) is 4.90 Å². The van der Waals surface area contributed by atoms with Crippen molar-refractivity contribution >= 4 is 12.0 Å². The van der Waals surface area contributed by atoms with Crippen molar-refractivity contribution < 1.29 is 14.3 Å². The second kappa shape index (κ2) is 10.0. The van der Waals surface area contributed by atoms with Crippen LogP contribution in [0.1, 0.15) is 51.0 Å². The van der Waals surface area contributed by atoms with Crippen LogP contribution in [-0.2, 0) is 16.0 Å². The summed E-state index contributed by atoms with van der Waals surface area (Å²) < 4.78 is 5.18. The highest BCUT2D eigenvalue weighted by Gasteiger charge is 2.40. The zero-order valence-corrected chi connectivity index (χ0v) is 15.2. The number of imide groups is 1. The maximum atomic E-state index is 13.0. The van der Waals surface area contributed by atoms with Gasteiger partial charge in [-0.3, -0.25) is 4.79 Å². The molecule has 1 aliphatic rings. The van der Waals surface area contributed by atoms with Crippen LogP contribution >= 0.6 is 0 Å². The lowest BCUT2D eigenvalue weighted by Gasteiger charge is -2.24. The number of allylic oxidation sites excluding steroid dienone is 1. The lowest BCUT2D eigenvalue weighted by Crippen LogP contribution is -2.43. The van der Waals surface area contributed by atoms with Gasteiger partial charge < -0.3 is 4.74 Å². The standard InChI is InChI=1S/C21H29NO3/c1-3-5-6-10-14-18(11-4-2)20(23)22-19(16-25-21(22)24)15-17-12-8-7-9-13-17/h4,7-9,12-13,18-19H,2-3,5-6,10-11,14-16H2,1H3/t18-,19-/m1/s1. The van der Waals surface area contributed by atoms with Crippen molar-refractivity contribution in [2.45, 2.75) is 57.9 Å². The van der Waals surface area contributed by atoms with E-state index in [1.165, 1.54) is 11.3 Å². The van der Waals surface area contributed by atoms with Gasteiger partial charge in [0.1, 0.15) is 6.61 Å². The highest BCUT2D eigenvalue weighted by molar-refractivity contribution is 5.94. The number of carbonyl (C=O) groups excluding carboxylic acids is 2. The highest BCUT2D eigenvalue weighted by atomic mass is 16.6. The summed E-state index contributed by atoms with van der Waals surface area (Å²) in [6.45, 7) is 6.21. The van der Waals surface area contributed by atoms with E-state index in [0.29, 0.717) is 12.8 Å². The Balaban J connectivity index is 2.03. The smallest absolute Gasteiger partial charge is 0.416 e. The molecule has 2 rings (SSSR count). The number of carbonyl (C=O) groups is 2. The molecule has 0 aromatic heterocycles. The zero-order valence-electron chi connectivity index (χ0n) is 15.2. The Bertz CT molecular complexity index is 570. The minimum absolute atomic E-state index is 0.111. The van der Waals surface area contributed by atoms with E-state index in [0.717, 1.165) is 31.2 Å². The second-order valence-electron chi connectivity index (χ2n) is 6.70. The number of amides is 2. The van der Waals surface area contributed by atoms with Gasteiger partial charge in [-0.2, -0.15) is 0 Å². The molecule has 1 fully saturated rings. The molecule has 4 nitrogen and oxygen atoms in total. The Labute approximate surface area is 150 Å². The molecular formula is C21H29NO3. The molecular weight excluding hydrogens is 314 g/mol. The number of unbranched alkanes of at least 4 members (excludes halogenated alkanes) is 3. The first-order valence-corrected chi connectivity index (χ1v) is 9.32. The maximum absolute atomic E-state index is 13.0. The summed E-state index contributed by atoms with van der Waals surface area (Å²) in [5, 5.41) is 0. The Morgan fingerprint density at radius 2 is 2.08 bits per heavy atom. The van der Waals surface area contributed by atoms with Gasteiger partial charge in [-0.15, -0.1) is 6.58 Å². The van der Waals surface area contributed by atoms with Crippen molar-refractivity contribution in [2.24, 2.45) is 5.92 Å². The van der Waals surface area contributed by atoms with Crippen LogP contribution in [0.5, 0.6) is 0 Å². The van der Waals surface area contributed by atoms with Crippen molar-refractivity contribution in [3.05, 3.63) is 48.6 Å². The number of hydrogen-bond donors (Lipinski definition) is 0. The molecule has 25 heavy (non-hydrogen) atoms. The maximum Gasteiger partial charge on any atom is 0.416 e. The Morgan fingerprint density at radius 3 is 2.76 bits per heavy atom. The van der Waals surface area contributed by atoms with Gasteiger partial charge in [0, 0.05) is 5.92 Å². The minimum Gasteiger partial charge on any atom is -0.447 e. The lowest BCUT2D eigenvalue weighted by molar-refractivity contribution is -0.133. The van der Waals surface area contributed by atoms with E-state index in [1.54, 1.807) is 6.08 Å². The van der Waals surface area contributed by atoms with Crippen molar-refractivity contribution in [3.63, 3.8) is 0 Å². The Morgan fingerprint density at radius 1 is 1.32 bits per heavy atom. The van der Waals surface area contributed by atoms with Gasteiger partial charge in [-0.05, 0) is 24.8 Å². The zero-order chi connectivity index (χ0) is 18.1. The van der Waals surface area contributed by atoms with Gasteiger partial charge >= 0.3 is 6.09 Å². The molecule has 0 unspecified atom stereocenters. The number of benzene rings is 1. The molecule has 1 aromatic carbocycles. The summed E-state index contributed by atoms with van der Waals surface area (Å²) in [6, 6.07) is 9.69. The molecule has 0 aliphatic carbocycles. The van der Waals surface area contributed by atoms with E-state index in [-0.39, 0.29) is 24.5 Å². The molecule has 0 radical (unpaired) electrons. The molecule has 2 atom stereocenters. The quantitative estimate of drug-likeness (QED) is 0.455. The average molecular weight is 343 g/mol. The molecule has 1 aromatic rings. The van der Waals surface area contributed by atoms with Crippen LogP contribution in [0, 0.1) is 5.92 Å². The number of ether oxygens (including phenoxy) is 1. The van der Waals surface area contributed by atoms with Crippen LogP contribution in [0.3, 0.4) is 0 Å². The number of hydrogen-bond acceptors (Lipinski definition) is 3. The predicted molar refractivity (Wildman–Crippen MR) is 99.2 cm³/mol. The second-order valence-corrected chi connectivity index (χ2v) is 6.70. The summed E-state index contributed by atoms with van der Waals surface area (Å²) >= 11 is 0. The molecule has 0 spiro atoms. The first-order valence-electron chi connectivity index (χ1n) is 9.32. The molecule has 1 heterocycles. The van der Waals surface area contributed by atoms with Crippen molar-refractivity contribution in [3.8, 4) is 0 Å². The molecule has 0 bridgehead atoms. The average Bonchev–Trinajstić information content (AvgIpc) is 2.98. The molecule has 4 heteroatoms. The van der Waals surface area contributed by atoms with Crippen molar-refractivity contribution in [2.75, 3.05) is 6.61 Å². The van der Waals surface area contributed by atoms with Crippen LogP contribution in [0.25, 0.3) is 0 Å². The van der Waals surface area contributed by atoms with Gasteiger partial charge in [0.05, 0.1) is 6.04 Å². The minimum atomic E-state index is -0.506. The highest BCUT2D eigenvalue weighted by Crippen LogP contribution is 2.24. The molecule has 0 saturated carbocycles. The van der Waals surface area contributed by atoms with Gasteiger partial charge in [0.2, 0.25) is 5.91 Å². The van der Waals surface area contributed by atoms with Crippen LogP contribution in [0.4, 0.5) is 4.79 Å². The molecule has 1 aliphatic heterocycles. The van der Waals surface area contributed by atoms with E-state index >= 15 is 0 Å². The molecule has 136 valence electrons. The third kappa shape index (κ3) is 5.45. The Hall–Kier alpha value is -2.10. The van der Waals surface area contributed by atoms with Crippen LogP contribution in [0.15, 0.2) is 43.0 Å². The van der Waals surface area contributed by atoms with Crippen LogP contribution < -0.4 is 0 Å². The van der Waals surface area contributed by atoms with E-state index < -0.39 is 6.09 Å². The summed E-state index contributed by atoms with van der Waals surface area (Å²) in [5.41, 5.74) is 1.10. The molecule has 0 N–H and O–H groups in total. The SMILES string of the molecule is C=CC[C@H](CCCCCC)C(=O)N1C(=O)OC[C@H]1Cc1ccccc1. The molecule has 2 amide bonds. The molecule has 1 saturated heterocycles. The lowest BCUT2D eigenvalue weighted by atomic mass is 9.95. The van der Waals surface area contributed by atoms with Gasteiger partial charge in [0.15, 0.2) is 0 Å². The van der Waals surface area contributed by atoms with Crippen molar-refractivity contribution in [1.29, 1.82) is 0 Å². The third-order valence-corrected chi connectivity index (χ3v) is 4.72. The summed E-state index contributed by atoms with van der Waals surface area (Å²) in [4.78, 5) is 26.5. The van der Waals surface area contributed by atoms with Gasteiger partial charge in [0.25, 0.3) is 0 Å².